The van der Waals surface area contributed by atoms with Crippen LogP contribution >= 0.6 is 0 Å². The number of amides is 1. The predicted molar refractivity (Wildman–Crippen MR) is 83.4 cm³/mol. The van der Waals surface area contributed by atoms with Crippen LogP contribution in [0, 0.1) is 0 Å². The molecule has 0 saturated carbocycles. The highest BCUT2D eigenvalue weighted by Crippen LogP contribution is 2.25. The molecule has 21 heavy (non-hydrogen) atoms. The average molecular weight is 293 g/mol. The summed E-state index contributed by atoms with van der Waals surface area (Å²) in [6, 6.07) is 3.89. The molecule has 1 fully saturated rings. The molecule has 2 heterocycles. The lowest BCUT2D eigenvalue weighted by molar-refractivity contribution is -0.119. The molecule has 4 N–H and O–H groups in total. The van der Waals surface area contributed by atoms with E-state index in [1.165, 1.54) is 6.92 Å². The minimum Gasteiger partial charge on any atom is -0.396 e. The summed E-state index contributed by atoms with van der Waals surface area (Å²) in [5.41, 5.74) is 6.54. The van der Waals surface area contributed by atoms with Gasteiger partial charge in [-0.15, -0.1) is 0 Å². The number of nitrogens with zero attached hydrogens (tertiary/aromatic N) is 3. The lowest BCUT2D eigenvalue weighted by Crippen LogP contribution is -2.35. The number of hydrogen-bond acceptors (Lipinski definition) is 6. The third kappa shape index (κ3) is 3.75. The molecule has 0 radical (unpaired) electrons. The first-order valence-electron chi connectivity index (χ1n) is 7.12. The fourth-order valence-electron chi connectivity index (χ4n) is 2.56. The first kappa shape index (κ1) is 15.4. The molecule has 1 unspecified atom stereocenters. The Morgan fingerprint density at radius 3 is 3.05 bits per heavy atom. The van der Waals surface area contributed by atoms with Crippen LogP contribution in [0.2, 0.25) is 0 Å². The van der Waals surface area contributed by atoms with Gasteiger partial charge in [-0.25, -0.2) is 4.98 Å². The Labute approximate surface area is 124 Å². The van der Waals surface area contributed by atoms with Crippen LogP contribution in [0.1, 0.15) is 13.3 Å². The first-order chi connectivity index (χ1) is 10.0. The van der Waals surface area contributed by atoms with Gasteiger partial charge < -0.3 is 26.0 Å². The highest BCUT2D eigenvalue weighted by Gasteiger charge is 2.24. The van der Waals surface area contributed by atoms with Gasteiger partial charge in [-0.2, -0.15) is 0 Å². The van der Waals surface area contributed by atoms with Gasteiger partial charge in [0.05, 0.1) is 12.3 Å². The Morgan fingerprint density at radius 1 is 1.62 bits per heavy atom. The second kappa shape index (κ2) is 6.62. The number of pyridine rings is 1. The van der Waals surface area contributed by atoms with Gasteiger partial charge in [-0.3, -0.25) is 4.79 Å². The number of nitrogen functional groups attached to an aromatic ring is 1. The van der Waals surface area contributed by atoms with Crippen molar-refractivity contribution in [3.8, 4) is 0 Å². The quantitative estimate of drug-likeness (QED) is 0.696. The van der Waals surface area contributed by atoms with Crippen molar-refractivity contribution in [3.63, 3.8) is 0 Å². The van der Waals surface area contributed by atoms with E-state index in [0.717, 1.165) is 25.3 Å². The molecule has 7 nitrogen and oxygen atoms in total. The van der Waals surface area contributed by atoms with Crippen LogP contribution < -0.4 is 20.9 Å². The molecule has 7 heteroatoms. The largest absolute Gasteiger partial charge is 0.396 e. The fraction of sp³-hybridized carbons (Fsp3) is 0.571. The van der Waals surface area contributed by atoms with E-state index in [1.807, 2.05) is 24.1 Å². The minimum absolute atomic E-state index is 0.00418. The average Bonchev–Trinajstić information content (AvgIpc) is 2.87. The maximum atomic E-state index is 11.1. The maximum absolute atomic E-state index is 11.1. The fourth-order valence-corrected chi connectivity index (χ4v) is 2.56. The molecule has 0 spiro atoms. The molecular formula is C14H23N5O2. The van der Waals surface area contributed by atoms with Crippen molar-refractivity contribution in [3.05, 3.63) is 12.1 Å². The number of aliphatic hydroxyl groups is 1. The van der Waals surface area contributed by atoms with Gasteiger partial charge in [0.1, 0.15) is 5.82 Å². The smallest absolute Gasteiger partial charge is 0.217 e. The molecule has 1 amide bonds. The summed E-state index contributed by atoms with van der Waals surface area (Å²) in [5.74, 6) is 1.51. The van der Waals surface area contributed by atoms with Crippen LogP contribution in [-0.2, 0) is 4.79 Å². The van der Waals surface area contributed by atoms with E-state index in [2.05, 4.69) is 15.2 Å². The van der Waals surface area contributed by atoms with Crippen LogP contribution in [0.15, 0.2) is 12.1 Å². The number of aliphatic hydroxyl groups excluding tert-OH is 1. The molecule has 0 aromatic carbocycles. The van der Waals surface area contributed by atoms with Crippen LogP contribution in [0.4, 0.5) is 17.3 Å². The monoisotopic (exact) mass is 293 g/mol. The number of aromatic nitrogens is 1. The summed E-state index contributed by atoms with van der Waals surface area (Å²) in [5, 5.41) is 12.0. The van der Waals surface area contributed by atoms with Gasteiger partial charge in [-0.05, 0) is 18.6 Å². The molecule has 1 saturated heterocycles. The van der Waals surface area contributed by atoms with Crippen LogP contribution in [0.3, 0.4) is 0 Å². The number of carbonyl (C=O) groups excluding carboxylic acids is 1. The first-order valence-corrected chi connectivity index (χ1v) is 7.12. The van der Waals surface area contributed by atoms with Crippen molar-refractivity contribution >= 4 is 23.2 Å². The third-order valence-electron chi connectivity index (χ3n) is 3.61. The number of rotatable bonds is 5. The van der Waals surface area contributed by atoms with E-state index in [0.29, 0.717) is 18.1 Å². The van der Waals surface area contributed by atoms with Gasteiger partial charge in [0.15, 0.2) is 5.82 Å². The molecule has 1 aliphatic heterocycles. The van der Waals surface area contributed by atoms with E-state index in [1.54, 1.807) is 0 Å². The SMILES string of the molecule is CC(=O)NC1CCN(c2ccc(N)c(N(C)CCO)n2)C1. The number of likely N-dealkylation sites (N-methyl/N-ethyl adjacent to an activating group) is 1. The van der Waals surface area contributed by atoms with Crippen LogP contribution in [-0.4, -0.2) is 55.3 Å². The molecule has 1 aromatic heterocycles. The molecule has 116 valence electrons. The molecule has 0 aliphatic carbocycles. The Bertz CT molecular complexity index is 508. The topological polar surface area (TPSA) is 94.7 Å². The molecule has 0 bridgehead atoms. The Kier molecular flexibility index (Phi) is 4.85. The number of anilines is 3. The number of carbonyl (C=O) groups is 1. The summed E-state index contributed by atoms with van der Waals surface area (Å²) in [7, 11) is 1.85. The lowest BCUT2D eigenvalue weighted by Gasteiger charge is -2.23. The number of nitrogens with two attached hydrogens (primary N) is 1. The zero-order chi connectivity index (χ0) is 15.4. The van der Waals surface area contributed by atoms with Crippen molar-refractivity contribution in [2.45, 2.75) is 19.4 Å². The van der Waals surface area contributed by atoms with Crippen molar-refractivity contribution in [2.24, 2.45) is 0 Å². The van der Waals surface area contributed by atoms with Crippen molar-refractivity contribution < 1.29 is 9.90 Å². The van der Waals surface area contributed by atoms with Gasteiger partial charge in [0.25, 0.3) is 0 Å². The summed E-state index contributed by atoms with van der Waals surface area (Å²) in [4.78, 5) is 19.7. The van der Waals surface area contributed by atoms with E-state index >= 15 is 0 Å². The number of nitrogens with one attached hydrogen (secondary N) is 1. The Morgan fingerprint density at radius 2 is 2.38 bits per heavy atom. The summed E-state index contributed by atoms with van der Waals surface area (Å²) >= 11 is 0. The Balaban J connectivity index is 2.11. The predicted octanol–water partition coefficient (Wildman–Crippen LogP) is -0.193. The normalized spacial score (nSPS) is 17.9. The maximum Gasteiger partial charge on any atom is 0.217 e. The third-order valence-corrected chi connectivity index (χ3v) is 3.61. The molecule has 1 aromatic rings. The van der Waals surface area contributed by atoms with Gasteiger partial charge in [0, 0.05) is 39.6 Å². The van der Waals surface area contributed by atoms with E-state index < -0.39 is 0 Å². The van der Waals surface area contributed by atoms with Crippen molar-refractivity contribution in [1.29, 1.82) is 0 Å². The number of hydrogen-bond donors (Lipinski definition) is 3. The second-order valence-corrected chi connectivity index (χ2v) is 5.36. The zero-order valence-corrected chi connectivity index (χ0v) is 12.5. The van der Waals surface area contributed by atoms with Crippen LogP contribution in [0.25, 0.3) is 0 Å². The van der Waals surface area contributed by atoms with E-state index in [9.17, 15) is 4.79 Å². The van der Waals surface area contributed by atoms with Gasteiger partial charge in [0.2, 0.25) is 5.91 Å². The van der Waals surface area contributed by atoms with E-state index in [4.69, 9.17) is 10.8 Å². The summed E-state index contributed by atoms with van der Waals surface area (Å²) in [6.45, 7) is 3.67. The van der Waals surface area contributed by atoms with Gasteiger partial charge in [-0.1, -0.05) is 0 Å². The highest BCUT2D eigenvalue weighted by atomic mass is 16.3. The van der Waals surface area contributed by atoms with Crippen molar-refractivity contribution in [1.82, 2.24) is 10.3 Å². The lowest BCUT2D eigenvalue weighted by atomic mass is 10.2. The molecule has 1 aliphatic rings. The van der Waals surface area contributed by atoms with Gasteiger partial charge >= 0.3 is 0 Å². The molecule has 2 rings (SSSR count). The molecular weight excluding hydrogens is 270 g/mol. The van der Waals surface area contributed by atoms with Crippen molar-refractivity contribution in [2.75, 3.05) is 48.8 Å². The summed E-state index contributed by atoms with van der Waals surface area (Å²) in [6.07, 6.45) is 0.910. The minimum atomic E-state index is -0.00418. The standard InChI is InChI=1S/C14H23N5O2/c1-10(21)16-11-5-6-19(9-11)13-4-3-12(15)14(17-13)18(2)7-8-20/h3-4,11,20H,5-9,15H2,1-2H3,(H,16,21). The second-order valence-electron chi connectivity index (χ2n) is 5.36. The molecule has 1 atom stereocenters. The van der Waals surface area contributed by atoms with E-state index in [-0.39, 0.29) is 18.6 Å². The van der Waals surface area contributed by atoms with Crippen LogP contribution in [0.5, 0.6) is 0 Å². The summed E-state index contributed by atoms with van der Waals surface area (Å²) < 4.78 is 0. The highest BCUT2D eigenvalue weighted by molar-refractivity contribution is 5.73. The Hall–Kier alpha value is -2.02. The zero-order valence-electron chi connectivity index (χ0n) is 12.5.